The number of hydrogen-bond donors (Lipinski definition) is 2. The first kappa shape index (κ1) is 24.7. The Bertz CT molecular complexity index is 1320. The third kappa shape index (κ3) is 5.24. The number of hydrogen-bond acceptors (Lipinski definition) is 3. The normalized spacial score (nSPS) is 17.4. The van der Waals surface area contributed by atoms with Crippen molar-refractivity contribution >= 4 is 39.9 Å². The molecule has 2 amide bonds. The van der Waals surface area contributed by atoms with Gasteiger partial charge in [0.25, 0.3) is 11.8 Å². The molecule has 0 radical (unpaired) electrons. The number of rotatable bonds is 7. The number of nitrogens with one attached hydrogen (secondary N) is 2. The lowest BCUT2D eigenvalue weighted by Crippen LogP contribution is -3.10. The second-order valence-corrected chi connectivity index (χ2v) is 11.1. The van der Waals surface area contributed by atoms with Gasteiger partial charge in [-0.1, -0.05) is 35.9 Å². The molecule has 6 nitrogen and oxygen atoms in total. The molecule has 0 bridgehead atoms. The van der Waals surface area contributed by atoms with Crippen LogP contribution >= 0.6 is 11.6 Å². The minimum atomic E-state index is -1.56. The van der Waals surface area contributed by atoms with E-state index in [2.05, 4.69) is 5.32 Å². The van der Waals surface area contributed by atoms with Crippen molar-refractivity contribution in [3.8, 4) is 0 Å². The number of likely N-dealkylation sites (tertiary alicyclic amines) is 1. The summed E-state index contributed by atoms with van der Waals surface area (Å²) < 4.78 is 13.6. The van der Waals surface area contributed by atoms with Gasteiger partial charge in [-0.15, -0.1) is 0 Å². The Kier molecular flexibility index (Phi) is 7.51. The third-order valence-electron chi connectivity index (χ3n) is 6.81. The van der Waals surface area contributed by atoms with E-state index >= 15 is 0 Å². The van der Waals surface area contributed by atoms with E-state index in [1.807, 2.05) is 12.1 Å². The largest absolute Gasteiger partial charge is 0.352 e. The van der Waals surface area contributed by atoms with Gasteiger partial charge in [0.05, 0.1) is 58.0 Å². The number of fused-ring (bicyclic) bond motifs is 2. The number of carbonyl (C=O) groups is 2. The Balaban J connectivity index is 1.44. The fourth-order valence-electron chi connectivity index (χ4n) is 4.95. The highest BCUT2D eigenvalue weighted by molar-refractivity contribution is 7.85. The summed E-state index contributed by atoms with van der Waals surface area (Å²) in [4.78, 5) is 30.9. The number of carbonyl (C=O) groups excluding carboxylic acids is 2. The van der Waals surface area contributed by atoms with Crippen LogP contribution in [0.1, 0.15) is 45.5 Å². The van der Waals surface area contributed by atoms with E-state index in [0.29, 0.717) is 38.2 Å². The van der Waals surface area contributed by atoms with Crippen molar-refractivity contribution in [1.29, 1.82) is 0 Å². The molecule has 3 aromatic carbocycles. The van der Waals surface area contributed by atoms with Crippen LogP contribution in [-0.2, 0) is 17.3 Å². The van der Waals surface area contributed by atoms with E-state index < -0.39 is 10.8 Å². The maximum Gasteiger partial charge on any atom is 0.259 e. The van der Waals surface area contributed by atoms with Gasteiger partial charge in [-0.2, -0.15) is 0 Å². The van der Waals surface area contributed by atoms with Crippen molar-refractivity contribution < 1.29 is 18.7 Å². The SMILES string of the molecule is O=C(NCCC[NH+]1CCCC1)c1ccc2c(c1)N(Cc1cccc(Cl)c1)C(=O)c1ccccc1S2=O. The van der Waals surface area contributed by atoms with Crippen LogP contribution in [0, 0.1) is 0 Å². The van der Waals surface area contributed by atoms with E-state index in [4.69, 9.17) is 11.6 Å². The van der Waals surface area contributed by atoms with E-state index in [-0.39, 0.29) is 18.4 Å². The molecule has 2 aliphatic heterocycles. The zero-order chi connectivity index (χ0) is 25.1. The number of amides is 2. The quantitative estimate of drug-likeness (QED) is 0.467. The van der Waals surface area contributed by atoms with Crippen LogP contribution in [-0.4, -0.2) is 42.2 Å². The van der Waals surface area contributed by atoms with Crippen LogP contribution in [0.4, 0.5) is 5.69 Å². The predicted molar refractivity (Wildman–Crippen MR) is 141 cm³/mol. The first-order valence-corrected chi connectivity index (χ1v) is 13.9. The fourth-order valence-corrected chi connectivity index (χ4v) is 6.50. The zero-order valence-corrected chi connectivity index (χ0v) is 21.5. The second kappa shape index (κ2) is 10.9. The molecule has 0 aliphatic carbocycles. The summed E-state index contributed by atoms with van der Waals surface area (Å²) in [5, 5.41) is 3.58. The standard InChI is InChI=1S/C28H28ClN3O3S/c29-22-8-5-7-20(17-22)19-32-24-18-21(27(33)30-13-6-16-31-14-3-4-15-31)11-12-26(24)36(35)25-10-2-1-9-23(25)28(32)34/h1-2,5,7-12,17-18H,3-4,6,13-16,19H2,(H,30,33)/p+1. The smallest absolute Gasteiger partial charge is 0.259 e. The minimum absolute atomic E-state index is 0.197. The van der Waals surface area contributed by atoms with Gasteiger partial charge in [-0.05, 0) is 48.0 Å². The number of benzene rings is 3. The third-order valence-corrected chi connectivity index (χ3v) is 8.54. The van der Waals surface area contributed by atoms with Gasteiger partial charge in [-0.25, -0.2) is 4.21 Å². The lowest BCUT2D eigenvalue weighted by molar-refractivity contribution is -0.887. The number of halogens is 1. The molecule has 8 heteroatoms. The predicted octanol–water partition coefficient (Wildman–Crippen LogP) is 3.47. The van der Waals surface area contributed by atoms with Gasteiger partial charge in [0, 0.05) is 36.4 Å². The van der Waals surface area contributed by atoms with Crippen molar-refractivity contribution in [3.05, 3.63) is 88.4 Å². The first-order valence-electron chi connectivity index (χ1n) is 12.3. The van der Waals surface area contributed by atoms with E-state index in [9.17, 15) is 13.8 Å². The summed E-state index contributed by atoms with van der Waals surface area (Å²) in [5.41, 5.74) is 2.15. The molecule has 186 valence electrons. The van der Waals surface area contributed by atoms with Gasteiger partial charge in [-0.3, -0.25) is 9.59 Å². The molecular weight excluding hydrogens is 494 g/mol. The molecule has 36 heavy (non-hydrogen) atoms. The summed E-state index contributed by atoms with van der Waals surface area (Å²) in [7, 11) is -1.56. The Hall–Kier alpha value is -3.00. The molecule has 3 aromatic rings. The minimum Gasteiger partial charge on any atom is -0.352 e. The molecule has 1 unspecified atom stereocenters. The van der Waals surface area contributed by atoms with Crippen LogP contribution in [0.3, 0.4) is 0 Å². The molecule has 1 saturated heterocycles. The molecule has 5 rings (SSSR count). The summed E-state index contributed by atoms with van der Waals surface area (Å²) >= 11 is 6.20. The molecular formula is C28H29ClN3O3S+. The van der Waals surface area contributed by atoms with Gasteiger partial charge >= 0.3 is 0 Å². The molecule has 2 N–H and O–H groups in total. The Morgan fingerprint density at radius 3 is 2.61 bits per heavy atom. The highest BCUT2D eigenvalue weighted by Crippen LogP contribution is 2.36. The second-order valence-electron chi connectivity index (χ2n) is 9.29. The molecule has 0 aromatic heterocycles. The monoisotopic (exact) mass is 522 g/mol. The summed E-state index contributed by atoms with van der Waals surface area (Å²) in [6.45, 7) is 4.33. The van der Waals surface area contributed by atoms with Crippen molar-refractivity contribution in [3.63, 3.8) is 0 Å². The van der Waals surface area contributed by atoms with Crippen LogP contribution < -0.4 is 15.1 Å². The van der Waals surface area contributed by atoms with Crippen LogP contribution in [0.25, 0.3) is 0 Å². The Labute approximate surface area is 218 Å². The number of quaternary nitrogens is 1. The van der Waals surface area contributed by atoms with E-state index in [1.165, 1.54) is 25.9 Å². The van der Waals surface area contributed by atoms with Gasteiger partial charge < -0.3 is 15.1 Å². The van der Waals surface area contributed by atoms with Gasteiger partial charge in [0.2, 0.25) is 0 Å². The number of anilines is 1. The maximum atomic E-state index is 13.7. The highest BCUT2D eigenvalue weighted by atomic mass is 35.5. The molecule has 0 saturated carbocycles. The highest BCUT2D eigenvalue weighted by Gasteiger charge is 2.31. The van der Waals surface area contributed by atoms with Crippen molar-refractivity contribution in [1.82, 2.24) is 5.32 Å². The van der Waals surface area contributed by atoms with Crippen LogP contribution in [0.2, 0.25) is 5.02 Å². The molecule has 1 fully saturated rings. The van der Waals surface area contributed by atoms with Crippen LogP contribution in [0.15, 0.2) is 76.5 Å². The molecule has 1 atom stereocenters. The Morgan fingerprint density at radius 2 is 1.81 bits per heavy atom. The van der Waals surface area contributed by atoms with Crippen LogP contribution in [0.5, 0.6) is 0 Å². The fraction of sp³-hybridized carbons (Fsp3) is 0.286. The zero-order valence-electron chi connectivity index (χ0n) is 20.0. The lowest BCUT2D eigenvalue weighted by atomic mass is 10.1. The van der Waals surface area contributed by atoms with E-state index in [0.717, 1.165) is 18.5 Å². The number of nitrogens with zero attached hydrogens (tertiary/aromatic N) is 1. The topological polar surface area (TPSA) is 70.9 Å². The van der Waals surface area contributed by atoms with Crippen molar-refractivity contribution in [2.45, 2.75) is 35.6 Å². The summed E-state index contributed by atoms with van der Waals surface area (Å²) in [6, 6.07) is 19.4. The lowest BCUT2D eigenvalue weighted by Gasteiger charge is -2.24. The average molecular weight is 523 g/mol. The van der Waals surface area contributed by atoms with Gasteiger partial charge in [0.15, 0.2) is 0 Å². The molecule has 0 spiro atoms. The van der Waals surface area contributed by atoms with Crippen molar-refractivity contribution in [2.24, 2.45) is 0 Å². The average Bonchev–Trinajstić information content (AvgIpc) is 3.40. The van der Waals surface area contributed by atoms with Crippen molar-refractivity contribution in [2.75, 3.05) is 31.1 Å². The molecule has 2 heterocycles. The van der Waals surface area contributed by atoms with Gasteiger partial charge in [0.1, 0.15) is 0 Å². The molecule has 2 aliphatic rings. The maximum absolute atomic E-state index is 13.7. The summed E-state index contributed by atoms with van der Waals surface area (Å²) in [6.07, 6.45) is 3.49. The Morgan fingerprint density at radius 1 is 1.00 bits per heavy atom. The first-order chi connectivity index (χ1) is 17.5. The van der Waals surface area contributed by atoms with E-state index in [1.54, 1.807) is 64.4 Å². The summed E-state index contributed by atoms with van der Waals surface area (Å²) in [5.74, 6) is -0.458.